The van der Waals surface area contributed by atoms with E-state index in [0.717, 1.165) is 11.1 Å². The predicted octanol–water partition coefficient (Wildman–Crippen LogP) is 4.39. The molecule has 0 aliphatic rings. The average molecular weight is 388 g/mol. The number of hydrogen-bond acceptors (Lipinski definition) is 5. The minimum absolute atomic E-state index is 0.399. The zero-order chi connectivity index (χ0) is 20.6. The molecular weight excluding hydrogens is 364 g/mol. The number of benzene rings is 2. The number of nitriles is 1. The number of aromatic nitrogens is 1. The molecule has 1 heterocycles. The highest BCUT2D eigenvalue weighted by atomic mass is 16.5. The Hall–Kier alpha value is -3.36. The first-order chi connectivity index (χ1) is 14.1. The van der Waals surface area contributed by atoms with Crippen molar-refractivity contribution in [3.63, 3.8) is 0 Å². The molecule has 0 bridgehead atoms. The Morgan fingerprint density at radius 1 is 1.10 bits per heavy atom. The Morgan fingerprint density at radius 2 is 1.90 bits per heavy atom. The van der Waals surface area contributed by atoms with Gasteiger partial charge in [-0.15, -0.1) is 0 Å². The number of pyridine rings is 1. The van der Waals surface area contributed by atoms with E-state index in [2.05, 4.69) is 11.1 Å². The van der Waals surface area contributed by atoms with Crippen LogP contribution in [-0.2, 0) is 6.42 Å². The molecule has 0 radical (unpaired) electrons. The summed E-state index contributed by atoms with van der Waals surface area (Å²) >= 11 is 0. The van der Waals surface area contributed by atoms with Crippen LogP contribution in [-0.4, -0.2) is 29.4 Å². The van der Waals surface area contributed by atoms with Crippen LogP contribution in [0.3, 0.4) is 0 Å². The molecule has 2 atom stereocenters. The van der Waals surface area contributed by atoms with Crippen molar-refractivity contribution in [1.29, 1.82) is 5.26 Å². The number of nitrogens with zero attached hydrogens (tertiary/aromatic N) is 2. The van der Waals surface area contributed by atoms with Gasteiger partial charge in [0, 0.05) is 12.4 Å². The molecule has 148 valence electrons. The Morgan fingerprint density at radius 3 is 2.55 bits per heavy atom. The third-order valence-corrected chi connectivity index (χ3v) is 4.82. The normalized spacial score (nSPS) is 12.6. The molecule has 0 aliphatic carbocycles. The highest BCUT2D eigenvalue weighted by molar-refractivity contribution is 5.79. The molecule has 1 aromatic heterocycles. The van der Waals surface area contributed by atoms with Gasteiger partial charge in [-0.05, 0) is 49.1 Å². The first-order valence-electron chi connectivity index (χ1n) is 9.54. The van der Waals surface area contributed by atoms with E-state index < -0.39 is 12.2 Å². The van der Waals surface area contributed by atoms with Crippen LogP contribution < -0.4 is 9.47 Å². The van der Waals surface area contributed by atoms with Crippen LogP contribution in [0.25, 0.3) is 11.1 Å². The number of hydrogen-bond donors (Lipinski definition) is 1. The fraction of sp³-hybridized carbons (Fsp3) is 0.250. The lowest BCUT2D eigenvalue weighted by molar-refractivity contribution is 0.0421. The number of methoxy groups -OCH3 is 1. The monoisotopic (exact) mass is 388 g/mol. The average Bonchev–Trinajstić information content (AvgIpc) is 2.78. The van der Waals surface area contributed by atoms with Crippen molar-refractivity contribution in [3.8, 4) is 28.7 Å². The van der Waals surface area contributed by atoms with E-state index >= 15 is 0 Å². The third-order valence-electron chi connectivity index (χ3n) is 4.82. The van der Waals surface area contributed by atoms with Gasteiger partial charge in [0.15, 0.2) is 0 Å². The highest BCUT2D eigenvalue weighted by Gasteiger charge is 2.23. The smallest absolute Gasteiger partial charge is 0.149 e. The maximum atomic E-state index is 10.6. The lowest BCUT2D eigenvalue weighted by Crippen LogP contribution is -2.29. The van der Waals surface area contributed by atoms with E-state index in [9.17, 15) is 10.4 Å². The van der Waals surface area contributed by atoms with E-state index in [1.807, 2.05) is 49.4 Å². The van der Waals surface area contributed by atoms with Crippen molar-refractivity contribution in [3.05, 3.63) is 78.1 Å². The van der Waals surface area contributed by atoms with Gasteiger partial charge < -0.3 is 14.6 Å². The lowest BCUT2D eigenvalue weighted by Gasteiger charge is -2.24. The molecule has 0 saturated heterocycles. The standard InChI is InChI=1S/C24H24N2O3/c1-17(21(27)12-10-18-7-6-14-26-16-18)29-24-20(15-25)11-13-22(28-2)23(24)19-8-4-3-5-9-19/h3-9,11,13-14,16-17,21,27H,10,12H2,1-2H3. The van der Waals surface area contributed by atoms with Crippen LogP contribution in [0.4, 0.5) is 0 Å². The van der Waals surface area contributed by atoms with Crippen molar-refractivity contribution < 1.29 is 14.6 Å². The van der Waals surface area contributed by atoms with Gasteiger partial charge in [0.1, 0.15) is 23.7 Å². The summed E-state index contributed by atoms with van der Waals surface area (Å²) in [4.78, 5) is 4.10. The summed E-state index contributed by atoms with van der Waals surface area (Å²) in [5, 5.41) is 20.2. The highest BCUT2D eigenvalue weighted by Crippen LogP contribution is 2.41. The maximum absolute atomic E-state index is 10.6. The number of aryl methyl sites for hydroxylation is 1. The van der Waals surface area contributed by atoms with Crippen molar-refractivity contribution in [2.75, 3.05) is 7.11 Å². The van der Waals surface area contributed by atoms with Crippen molar-refractivity contribution in [2.45, 2.75) is 32.0 Å². The number of aliphatic hydroxyl groups excluding tert-OH is 1. The van der Waals surface area contributed by atoms with Gasteiger partial charge in [-0.3, -0.25) is 4.98 Å². The molecule has 2 unspecified atom stereocenters. The molecule has 0 aliphatic heterocycles. The summed E-state index contributed by atoms with van der Waals surface area (Å²) in [5.74, 6) is 1.04. The molecule has 3 aromatic rings. The molecule has 0 amide bonds. The summed E-state index contributed by atoms with van der Waals surface area (Å²) in [7, 11) is 1.59. The fourth-order valence-corrected chi connectivity index (χ4v) is 3.18. The molecule has 5 heteroatoms. The fourth-order valence-electron chi connectivity index (χ4n) is 3.18. The van der Waals surface area contributed by atoms with Crippen LogP contribution in [0.5, 0.6) is 11.5 Å². The summed E-state index contributed by atoms with van der Waals surface area (Å²) in [6, 6.07) is 19.1. The molecule has 1 N–H and O–H groups in total. The molecular formula is C24H24N2O3. The van der Waals surface area contributed by atoms with Crippen LogP contribution in [0.1, 0.15) is 24.5 Å². The molecule has 0 spiro atoms. The minimum atomic E-state index is -0.698. The zero-order valence-corrected chi connectivity index (χ0v) is 16.6. The largest absolute Gasteiger partial charge is 0.496 e. The summed E-state index contributed by atoms with van der Waals surface area (Å²) in [6.45, 7) is 1.81. The quantitative estimate of drug-likeness (QED) is 0.619. The van der Waals surface area contributed by atoms with E-state index in [0.29, 0.717) is 35.5 Å². The Kier molecular flexibility index (Phi) is 6.83. The van der Waals surface area contributed by atoms with Gasteiger partial charge in [-0.25, -0.2) is 0 Å². The van der Waals surface area contributed by atoms with Gasteiger partial charge in [0.2, 0.25) is 0 Å². The first kappa shape index (κ1) is 20.4. The zero-order valence-electron chi connectivity index (χ0n) is 16.6. The number of ether oxygens (including phenoxy) is 2. The van der Waals surface area contributed by atoms with Crippen LogP contribution >= 0.6 is 0 Å². The lowest BCUT2D eigenvalue weighted by atomic mass is 9.99. The second-order valence-electron chi connectivity index (χ2n) is 6.79. The van der Waals surface area contributed by atoms with Gasteiger partial charge >= 0.3 is 0 Å². The van der Waals surface area contributed by atoms with Gasteiger partial charge in [-0.1, -0.05) is 36.4 Å². The summed E-state index contributed by atoms with van der Waals surface area (Å²) < 4.78 is 11.7. The number of aliphatic hydroxyl groups is 1. The Bertz CT molecular complexity index is 969. The van der Waals surface area contributed by atoms with E-state index in [1.165, 1.54) is 0 Å². The maximum Gasteiger partial charge on any atom is 0.149 e. The van der Waals surface area contributed by atoms with Gasteiger partial charge in [-0.2, -0.15) is 5.26 Å². The second-order valence-corrected chi connectivity index (χ2v) is 6.79. The first-order valence-corrected chi connectivity index (χ1v) is 9.54. The summed E-state index contributed by atoms with van der Waals surface area (Å²) in [5.41, 5.74) is 3.05. The third kappa shape index (κ3) is 4.92. The second kappa shape index (κ2) is 9.72. The van der Waals surface area contributed by atoms with Gasteiger partial charge in [0.25, 0.3) is 0 Å². The van der Waals surface area contributed by atoms with E-state index in [1.54, 1.807) is 31.6 Å². The molecule has 5 nitrogen and oxygen atoms in total. The van der Waals surface area contributed by atoms with Crippen molar-refractivity contribution in [2.24, 2.45) is 0 Å². The molecule has 29 heavy (non-hydrogen) atoms. The van der Waals surface area contributed by atoms with Crippen LogP contribution in [0.15, 0.2) is 67.0 Å². The number of rotatable bonds is 8. The van der Waals surface area contributed by atoms with Crippen molar-refractivity contribution in [1.82, 2.24) is 4.98 Å². The predicted molar refractivity (Wildman–Crippen MR) is 112 cm³/mol. The van der Waals surface area contributed by atoms with Crippen LogP contribution in [0, 0.1) is 11.3 Å². The topological polar surface area (TPSA) is 75.4 Å². The van der Waals surface area contributed by atoms with Crippen molar-refractivity contribution >= 4 is 0 Å². The van der Waals surface area contributed by atoms with E-state index in [-0.39, 0.29) is 0 Å². The van der Waals surface area contributed by atoms with E-state index in [4.69, 9.17) is 9.47 Å². The van der Waals surface area contributed by atoms with Crippen LogP contribution in [0.2, 0.25) is 0 Å². The Labute approximate surface area is 171 Å². The minimum Gasteiger partial charge on any atom is -0.496 e. The molecule has 0 saturated carbocycles. The Balaban J connectivity index is 1.86. The molecule has 2 aromatic carbocycles. The molecule has 0 fully saturated rings. The van der Waals surface area contributed by atoms with Gasteiger partial charge in [0.05, 0.1) is 24.3 Å². The summed E-state index contributed by atoms with van der Waals surface area (Å²) in [6.07, 6.45) is 3.53. The SMILES string of the molecule is COc1ccc(C#N)c(OC(C)C(O)CCc2cccnc2)c1-c1ccccc1. The molecule has 3 rings (SSSR count).